The number of aromatic nitrogens is 2. The molecule has 0 amide bonds. The highest BCUT2D eigenvalue weighted by molar-refractivity contribution is 5.59. The van der Waals surface area contributed by atoms with Crippen molar-refractivity contribution in [2.45, 2.75) is 46.5 Å². The molecule has 1 aliphatic heterocycles. The fourth-order valence-electron chi connectivity index (χ4n) is 4.56. The van der Waals surface area contributed by atoms with Gasteiger partial charge in [-0.3, -0.25) is 0 Å². The van der Waals surface area contributed by atoms with Crippen LogP contribution >= 0.6 is 0 Å². The Morgan fingerprint density at radius 1 is 1.07 bits per heavy atom. The molecule has 2 aromatic rings. The van der Waals surface area contributed by atoms with Crippen molar-refractivity contribution >= 4 is 5.82 Å². The van der Waals surface area contributed by atoms with Crippen LogP contribution < -0.4 is 5.32 Å². The van der Waals surface area contributed by atoms with Gasteiger partial charge in [0.15, 0.2) is 0 Å². The Labute approximate surface area is 178 Å². The Morgan fingerprint density at radius 3 is 2.37 bits per heavy atom. The van der Waals surface area contributed by atoms with E-state index >= 15 is 0 Å². The summed E-state index contributed by atoms with van der Waals surface area (Å²) in [7, 11) is 0. The minimum atomic E-state index is -0.613. The molecule has 1 saturated carbocycles. The molecule has 0 bridgehead atoms. The third-order valence-electron chi connectivity index (χ3n) is 6.74. The van der Waals surface area contributed by atoms with Gasteiger partial charge in [-0.05, 0) is 86.3 Å². The molecule has 1 aromatic carbocycles. The topological polar surface area (TPSA) is 41.0 Å². The summed E-state index contributed by atoms with van der Waals surface area (Å²) >= 11 is 0. The molecule has 2 heterocycles. The maximum atomic E-state index is 13.4. The molecule has 1 aliphatic carbocycles. The maximum absolute atomic E-state index is 13.4. The molecule has 4 nitrogen and oxygen atoms in total. The fourth-order valence-corrected chi connectivity index (χ4v) is 4.56. The summed E-state index contributed by atoms with van der Waals surface area (Å²) < 4.78 is 26.8. The average molecular weight is 415 g/mol. The summed E-state index contributed by atoms with van der Waals surface area (Å²) in [6.07, 6.45) is 5.13. The highest BCUT2D eigenvalue weighted by Gasteiger charge is 2.54. The Morgan fingerprint density at radius 2 is 1.77 bits per heavy atom. The first-order valence-corrected chi connectivity index (χ1v) is 11.0. The van der Waals surface area contributed by atoms with Gasteiger partial charge < -0.3 is 10.2 Å². The van der Waals surface area contributed by atoms with Crippen LogP contribution in [0.15, 0.2) is 30.3 Å². The maximum Gasteiger partial charge on any atom is 0.148 e. The van der Waals surface area contributed by atoms with Gasteiger partial charge >= 0.3 is 0 Å². The third kappa shape index (κ3) is 5.15. The molecule has 2 aliphatic rings. The Bertz CT molecular complexity index is 848. The van der Waals surface area contributed by atoms with Crippen LogP contribution in [-0.4, -0.2) is 41.3 Å². The number of likely N-dealkylation sites (tertiary alicyclic amines) is 1. The van der Waals surface area contributed by atoms with E-state index < -0.39 is 11.6 Å². The van der Waals surface area contributed by atoms with Crippen LogP contribution in [-0.2, 0) is 0 Å². The smallest absolute Gasteiger partial charge is 0.148 e. The highest BCUT2D eigenvalue weighted by Crippen LogP contribution is 2.59. The zero-order valence-electron chi connectivity index (χ0n) is 18.2. The molecular formula is C24H32F2N4. The van der Waals surface area contributed by atoms with Gasteiger partial charge in [0.05, 0.1) is 5.69 Å². The molecule has 1 saturated heterocycles. The van der Waals surface area contributed by atoms with E-state index in [-0.39, 0.29) is 0 Å². The number of piperidine rings is 1. The molecule has 1 aromatic heterocycles. The molecule has 30 heavy (non-hydrogen) atoms. The fraction of sp³-hybridized carbons (Fsp3) is 0.583. The minimum absolute atomic E-state index is 0.394. The van der Waals surface area contributed by atoms with Crippen molar-refractivity contribution in [2.75, 3.05) is 31.5 Å². The van der Waals surface area contributed by atoms with Crippen molar-refractivity contribution in [3.63, 3.8) is 0 Å². The number of anilines is 1. The van der Waals surface area contributed by atoms with Crippen molar-refractivity contribution in [2.24, 2.45) is 16.7 Å². The SMILES string of the molecule is CC(C)(C)CCN1CCC2(CC1)CC2CNc1ccc(-c2cc(F)cc(F)c2)nn1. The van der Waals surface area contributed by atoms with Crippen LogP contribution in [0.25, 0.3) is 11.3 Å². The molecule has 0 radical (unpaired) electrons. The number of hydrogen-bond acceptors (Lipinski definition) is 4. The van der Waals surface area contributed by atoms with Crippen LogP contribution in [0.1, 0.15) is 46.5 Å². The lowest BCUT2D eigenvalue weighted by molar-refractivity contribution is 0.147. The lowest BCUT2D eigenvalue weighted by atomic mass is 9.88. The second kappa shape index (κ2) is 8.22. The van der Waals surface area contributed by atoms with Crippen LogP contribution in [0.3, 0.4) is 0 Å². The highest BCUT2D eigenvalue weighted by atomic mass is 19.1. The zero-order chi connectivity index (χ0) is 21.4. The van der Waals surface area contributed by atoms with Gasteiger partial charge in [0.1, 0.15) is 17.5 Å². The van der Waals surface area contributed by atoms with Gasteiger partial charge in [-0.1, -0.05) is 20.8 Å². The lowest BCUT2D eigenvalue weighted by Crippen LogP contribution is -2.37. The Hall–Kier alpha value is -2.08. The van der Waals surface area contributed by atoms with E-state index in [0.717, 1.165) is 12.6 Å². The number of nitrogens with one attached hydrogen (secondary N) is 1. The van der Waals surface area contributed by atoms with Crippen molar-refractivity contribution in [1.29, 1.82) is 0 Å². The van der Waals surface area contributed by atoms with Gasteiger partial charge in [-0.15, -0.1) is 10.2 Å². The summed E-state index contributed by atoms with van der Waals surface area (Å²) in [4.78, 5) is 2.62. The Balaban J connectivity index is 1.25. The van der Waals surface area contributed by atoms with E-state index in [1.165, 1.54) is 57.5 Å². The molecule has 1 atom stereocenters. The van der Waals surface area contributed by atoms with Gasteiger partial charge in [-0.25, -0.2) is 8.78 Å². The summed E-state index contributed by atoms with van der Waals surface area (Å²) in [6, 6.07) is 6.96. The minimum Gasteiger partial charge on any atom is -0.368 e. The van der Waals surface area contributed by atoms with Crippen LogP contribution in [0, 0.1) is 28.4 Å². The van der Waals surface area contributed by atoms with Crippen LogP contribution in [0.2, 0.25) is 0 Å². The lowest BCUT2D eigenvalue weighted by Gasteiger charge is -2.34. The standard InChI is InChI=1S/C24H32F2N4/c1-23(2,3)6-9-30-10-7-24(8-11-30)15-18(24)16-27-22-5-4-21(28-29-22)17-12-19(25)14-20(26)13-17/h4-5,12-14,18H,6-11,15-16H2,1-3H3,(H,27,29). The van der Waals surface area contributed by atoms with Gasteiger partial charge in [0.25, 0.3) is 0 Å². The van der Waals surface area contributed by atoms with Gasteiger partial charge in [0, 0.05) is 18.2 Å². The first-order chi connectivity index (χ1) is 14.2. The van der Waals surface area contributed by atoms with Gasteiger partial charge in [-0.2, -0.15) is 0 Å². The molecule has 1 spiro atoms. The number of rotatable bonds is 6. The van der Waals surface area contributed by atoms with Crippen LogP contribution in [0.4, 0.5) is 14.6 Å². The van der Waals surface area contributed by atoms with E-state index in [0.29, 0.717) is 33.8 Å². The normalized spacial score (nSPS) is 21.0. The van der Waals surface area contributed by atoms with E-state index in [1.54, 1.807) is 6.07 Å². The predicted octanol–water partition coefficient (Wildman–Crippen LogP) is 5.37. The summed E-state index contributed by atoms with van der Waals surface area (Å²) in [6.45, 7) is 11.5. The summed E-state index contributed by atoms with van der Waals surface area (Å²) in [5.41, 5.74) is 1.77. The Kier molecular flexibility index (Phi) is 5.80. The first kappa shape index (κ1) is 21.2. The van der Waals surface area contributed by atoms with E-state index in [1.807, 2.05) is 6.07 Å². The predicted molar refractivity (Wildman–Crippen MR) is 116 cm³/mol. The van der Waals surface area contributed by atoms with Crippen molar-refractivity contribution in [3.8, 4) is 11.3 Å². The monoisotopic (exact) mass is 414 g/mol. The number of hydrogen-bond donors (Lipinski definition) is 1. The van der Waals surface area contributed by atoms with Crippen molar-refractivity contribution < 1.29 is 8.78 Å². The number of nitrogens with zero attached hydrogens (tertiary/aromatic N) is 3. The molecule has 1 N–H and O–H groups in total. The largest absolute Gasteiger partial charge is 0.368 e. The molecule has 2 fully saturated rings. The third-order valence-corrected chi connectivity index (χ3v) is 6.74. The summed E-state index contributed by atoms with van der Waals surface area (Å²) in [5.74, 6) is 0.177. The molecule has 1 unspecified atom stereocenters. The second-order valence-electron chi connectivity index (χ2n) is 10.3. The zero-order valence-corrected chi connectivity index (χ0v) is 18.2. The average Bonchev–Trinajstić information content (AvgIpc) is 3.37. The van der Waals surface area contributed by atoms with Crippen LogP contribution in [0.5, 0.6) is 0 Å². The van der Waals surface area contributed by atoms with E-state index in [9.17, 15) is 8.78 Å². The number of benzene rings is 1. The first-order valence-electron chi connectivity index (χ1n) is 11.0. The molecule has 6 heteroatoms. The molecule has 4 rings (SSSR count). The van der Waals surface area contributed by atoms with Gasteiger partial charge in [0.2, 0.25) is 0 Å². The second-order valence-corrected chi connectivity index (χ2v) is 10.3. The molecular weight excluding hydrogens is 382 g/mol. The van der Waals surface area contributed by atoms with E-state index in [2.05, 4.69) is 41.2 Å². The molecule has 162 valence electrons. The van der Waals surface area contributed by atoms with Crippen molar-refractivity contribution in [1.82, 2.24) is 15.1 Å². The number of halogens is 2. The summed E-state index contributed by atoms with van der Waals surface area (Å²) in [5, 5.41) is 11.7. The van der Waals surface area contributed by atoms with Crippen molar-refractivity contribution in [3.05, 3.63) is 42.0 Å². The van der Waals surface area contributed by atoms with E-state index in [4.69, 9.17) is 0 Å². The quantitative estimate of drug-likeness (QED) is 0.690.